The molecule has 1 aromatic rings. The molecule has 0 unspecified atom stereocenters. The molecule has 2 heterocycles. The van der Waals surface area contributed by atoms with E-state index in [1.165, 1.54) is 6.07 Å². The van der Waals surface area contributed by atoms with Gasteiger partial charge >= 0.3 is 6.18 Å². The normalized spacial score (nSPS) is 27.2. The summed E-state index contributed by atoms with van der Waals surface area (Å²) in [5, 5.41) is 0. The van der Waals surface area contributed by atoms with E-state index in [9.17, 15) is 13.2 Å². The summed E-state index contributed by atoms with van der Waals surface area (Å²) < 4.78 is 44.1. The van der Waals surface area contributed by atoms with E-state index in [0.29, 0.717) is 19.0 Å². The van der Waals surface area contributed by atoms with Crippen LogP contribution in [0.25, 0.3) is 0 Å². The number of halogens is 3. The number of hydrogen-bond donors (Lipinski definition) is 0. The number of anilines is 1. The fraction of sp³-hybridized carbons (Fsp3) is 0.643. The summed E-state index contributed by atoms with van der Waals surface area (Å²) in [6.45, 7) is 1.38. The van der Waals surface area contributed by atoms with Gasteiger partial charge in [-0.15, -0.1) is 0 Å². The van der Waals surface area contributed by atoms with E-state index in [1.807, 2.05) is 4.90 Å². The van der Waals surface area contributed by atoms with Gasteiger partial charge in [0.15, 0.2) is 0 Å². The van der Waals surface area contributed by atoms with Crippen LogP contribution in [0.2, 0.25) is 0 Å². The summed E-state index contributed by atoms with van der Waals surface area (Å²) in [7, 11) is 0. The third kappa shape index (κ3) is 2.61. The highest BCUT2D eigenvalue weighted by atomic mass is 19.4. The van der Waals surface area contributed by atoms with Crippen LogP contribution in [0.5, 0.6) is 0 Å². The van der Waals surface area contributed by atoms with E-state index in [2.05, 4.69) is 4.98 Å². The van der Waals surface area contributed by atoms with Crippen molar-refractivity contribution in [3.8, 4) is 0 Å². The lowest BCUT2D eigenvalue weighted by Gasteiger charge is -2.31. The molecule has 2 aliphatic rings. The molecule has 0 radical (unpaired) electrons. The molecule has 6 heteroatoms. The smallest absolute Gasteiger partial charge is 0.376 e. The minimum atomic E-state index is -4.40. The summed E-state index contributed by atoms with van der Waals surface area (Å²) in [6.07, 6.45) is -0.430. The molecular formula is C14H17F3N2O. The molecule has 0 aromatic carbocycles. The van der Waals surface area contributed by atoms with Gasteiger partial charge in [0.1, 0.15) is 11.5 Å². The Morgan fingerprint density at radius 1 is 1.20 bits per heavy atom. The fourth-order valence-electron chi connectivity index (χ4n) is 3.12. The van der Waals surface area contributed by atoms with Gasteiger partial charge in [0.05, 0.1) is 12.1 Å². The first-order chi connectivity index (χ1) is 9.55. The second kappa shape index (κ2) is 5.24. The molecule has 3 nitrogen and oxygen atoms in total. The highest BCUT2D eigenvalue weighted by molar-refractivity contribution is 5.42. The van der Waals surface area contributed by atoms with Gasteiger partial charge in [0, 0.05) is 13.2 Å². The maximum atomic E-state index is 12.8. The molecule has 2 fully saturated rings. The lowest BCUT2D eigenvalue weighted by atomic mass is 10.1. The van der Waals surface area contributed by atoms with Crippen molar-refractivity contribution in [2.24, 2.45) is 0 Å². The molecular weight excluding hydrogens is 269 g/mol. The van der Waals surface area contributed by atoms with Gasteiger partial charge in [-0.3, -0.25) is 0 Å². The van der Waals surface area contributed by atoms with Crippen LogP contribution in [-0.4, -0.2) is 30.3 Å². The predicted octanol–water partition coefficient (Wildman–Crippen LogP) is 3.25. The molecule has 1 aromatic heterocycles. The summed E-state index contributed by atoms with van der Waals surface area (Å²) in [6, 6.07) is 4.27. The molecule has 1 saturated carbocycles. The lowest BCUT2D eigenvalue weighted by Crippen LogP contribution is -2.40. The Balaban J connectivity index is 1.90. The van der Waals surface area contributed by atoms with Crippen molar-refractivity contribution < 1.29 is 17.9 Å². The standard InChI is InChI=1S/C14H17F3N2O/c15-14(16,17)12-6-2-7-13(18-12)19-8-3-9-20-11-5-1-4-10(11)19/h2,6-7,10-11H,1,3-5,8-9H2/t10-,11-/m0/s1. The second-order valence-electron chi connectivity index (χ2n) is 5.33. The van der Waals surface area contributed by atoms with Crippen molar-refractivity contribution in [2.45, 2.75) is 44.0 Å². The maximum Gasteiger partial charge on any atom is 0.433 e. The van der Waals surface area contributed by atoms with Crippen LogP contribution in [-0.2, 0) is 10.9 Å². The Bertz CT molecular complexity index is 478. The van der Waals surface area contributed by atoms with Gasteiger partial charge in [-0.2, -0.15) is 13.2 Å². The molecule has 1 aliphatic carbocycles. The van der Waals surface area contributed by atoms with E-state index >= 15 is 0 Å². The number of hydrogen-bond acceptors (Lipinski definition) is 3. The first-order valence-electron chi connectivity index (χ1n) is 6.98. The number of nitrogens with zero attached hydrogens (tertiary/aromatic N) is 2. The van der Waals surface area contributed by atoms with E-state index in [1.54, 1.807) is 6.07 Å². The maximum absolute atomic E-state index is 12.8. The van der Waals surface area contributed by atoms with E-state index < -0.39 is 11.9 Å². The van der Waals surface area contributed by atoms with Crippen molar-refractivity contribution in [1.82, 2.24) is 4.98 Å². The second-order valence-corrected chi connectivity index (χ2v) is 5.33. The van der Waals surface area contributed by atoms with Crippen molar-refractivity contribution in [1.29, 1.82) is 0 Å². The summed E-state index contributed by atoms with van der Waals surface area (Å²) >= 11 is 0. The summed E-state index contributed by atoms with van der Waals surface area (Å²) in [4.78, 5) is 5.82. The highest BCUT2D eigenvalue weighted by Crippen LogP contribution is 2.34. The van der Waals surface area contributed by atoms with Crippen LogP contribution in [0.4, 0.5) is 19.0 Å². The largest absolute Gasteiger partial charge is 0.433 e. The fourth-order valence-corrected chi connectivity index (χ4v) is 3.12. The molecule has 110 valence electrons. The molecule has 0 N–H and O–H groups in total. The highest BCUT2D eigenvalue weighted by Gasteiger charge is 2.37. The van der Waals surface area contributed by atoms with Gasteiger partial charge in [-0.1, -0.05) is 6.07 Å². The van der Waals surface area contributed by atoms with Crippen LogP contribution >= 0.6 is 0 Å². The minimum absolute atomic E-state index is 0.133. The van der Waals surface area contributed by atoms with E-state index in [-0.39, 0.29) is 12.1 Å². The third-order valence-corrected chi connectivity index (χ3v) is 4.01. The number of alkyl halides is 3. The van der Waals surface area contributed by atoms with Crippen molar-refractivity contribution >= 4 is 5.82 Å². The van der Waals surface area contributed by atoms with Gasteiger partial charge in [0.2, 0.25) is 0 Å². The Hall–Kier alpha value is -1.30. The van der Waals surface area contributed by atoms with E-state index in [4.69, 9.17) is 4.74 Å². The Morgan fingerprint density at radius 2 is 2.05 bits per heavy atom. The summed E-state index contributed by atoms with van der Waals surface area (Å²) in [5.74, 6) is 0.419. The first-order valence-corrected chi connectivity index (χ1v) is 6.98. The molecule has 0 spiro atoms. The molecule has 20 heavy (non-hydrogen) atoms. The van der Waals surface area contributed by atoms with Crippen molar-refractivity contribution in [3.63, 3.8) is 0 Å². The zero-order valence-corrected chi connectivity index (χ0v) is 11.1. The van der Waals surface area contributed by atoms with Gasteiger partial charge in [0.25, 0.3) is 0 Å². The SMILES string of the molecule is FC(F)(F)c1cccc(N2CCCO[C@H]3CCC[C@@H]32)n1. The van der Waals surface area contributed by atoms with Crippen LogP contribution in [0.15, 0.2) is 18.2 Å². The number of rotatable bonds is 1. The number of fused-ring (bicyclic) bond motifs is 1. The molecule has 0 bridgehead atoms. The Labute approximate surface area is 115 Å². The van der Waals surface area contributed by atoms with Crippen LogP contribution < -0.4 is 4.90 Å². The van der Waals surface area contributed by atoms with Gasteiger partial charge in [-0.25, -0.2) is 4.98 Å². The van der Waals surface area contributed by atoms with Crippen molar-refractivity contribution in [2.75, 3.05) is 18.1 Å². The Morgan fingerprint density at radius 3 is 2.85 bits per heavy atom. The molecule has 2 atom stereocenters. The zero-order valence-electron chi connectivity index (χ0n) is 11.1. The van der Waals surface area contributed by atoms with Gasteiger partial charge < -0.3 is 9.64 Å². The zero-order chi connectivity index (χ0) is 14.2. The quantitative estimate of drug-likeness (QED) is 0.792. The molecule has 1 saturated heterocycles. The van der Waals surface area contributed by atoms with Crippen LogP contribution in [0.1, 0.15) is 31.4 Å². The molecule has 0 amide bonds. The number of pyridine rings is 1. The average Bonchev–Trinajstić information content (AvgIpc) is 2.78. The third-order valence-electron chi connectivity index (χ3n) is 4.01. The predicted molar refractivity (Wildman–Crippen MR) is 68.6 cm³/mol. The monoisotopic (exact) mass is 286 g/mol. The van der Waals surface area contributed by atoms with Crippen molar-refractivity contribution in [3.05, 3.63) is 23.9 Å². The average molecular weight is 286 g/mol. The Kier molecular flexibility index (Phi) is 3.58. The number of aromatic nitrogens is 1. The van der Waals surface area contributed by atoms with E-state index in [0.717, 1.165) is 31.7 Å². The van der Waals surface area contributed by atoms with Crippen LogP contribution in [0.3, 0.4) is 0 Å². The lowest BCUT2D eigenvalue weighted by molar-refractivity contribution is -0.141. The van der Waals surface area contributed by atoms with Crippen LogP contribution in [0, 0.1) is 0 Å². The first kappa shape index (κ1) is 13.7. The summed E-state index contributed by atoms with van der Waals surface area (Å²) in [5.41, 5.74) is -0.824. The minimum Gasteiger partial charge on any atom is -0.376 e. The number of ether oxygens (including phenoxy) is 1. The molecule has 3 rings (SSSR count). The molecule has 1 aliphatic heterocycles. The topological polar surface area (TPSA) is 25.4 Å². The van der Waals surface area contributed by atoms with Gasteiger partial charge in [-0.05, 0) is 37.8 Å².